The second-order valence-corrected chi connectivity index (χ2v) is 21.8. The fraction of sp³-hybridized carbons (Fsp3) is 0.579. The fourth-order valence-corrected chi connectivity index (χ4v) is 7.80. The number of rotatable bonds is 24. The van der Waals surface area contributed by atoms with Crippen LogP contribution in [0.2, 0.25) is 0 Å². The predicted molar refractivity (Wildman–Crippen MR) is 298 cm³/mol. The normalized spacial score (nSPS) is 13.1. The van der Waals surface area contributed by atoms with Crippen LogP contribution in [0.4, 0.5) is 28.8 Å². The lowest BCUT2D eigenvalue weighted by atomic mass is 9.94. The summed E-state index contributed by atoms with van der Waals surface area (Å²) < 4.78 is 68.0. The van der Waals surface area contributed by atoms with Crippen LogP contribution in [0.1, 0.15) is 136 Å². The number of amides is 6. The molecule has 0 spiro atoms. The van der Waals surface area contributed by atoms with Gasteiger partial charge in [0, 0.05) is 19.6 Å². The van der Waals surface area contributed by atoms with Gasteiger partial charge in [-0.1, -0.05) is 0 Å². The Labute approximate surface area is 474 Å². The number of hydrogen-bond acceptors (Lipinski definition) is 18. The first kappa shape index (κ1) is 65.6. The van der Waals surface area contributed by atoms with E-state index in [4.69, 9.17) is 56.8 Å². The lowest BCUT2D eigenvalue weighted by Crippen LogP contribution is -2.41. The molecule has 24 heteroatoms. The van der Waals surface area contributed by atoms with Crippen molar-refractivity contribution in [3.05, 3.63) is 69.8 Å². The van der Waals surface area contributed by atoms with Crippen molar-refractivity contribution in [1.29, 1.82) is 0 Å². The number of carbonyl (C=O) groups is 6. The largest absolute Gasteiger partial charge is 0.493 e. The maximum absolute atomic E-state index is 12.5. The number of benzene rings is 3. The minimum Gasteiger partial charge on any atom is -0.493 e. The van der Waals surface area contributed by atoms with Crippen LogP contribution < -0.4 is 60.3 Å². The molecule has 4 rings (SSSR count). The lowest BCUT2D eigenvalue weighted by molar-refractivity contribution is 0.0313. The molecular formula is C57H84N6O18. The number of carbonyl (C=O) groups excluding carboxylic acids is 6. The molecule has 24 nitrogen and oxygen atoms in total. The minimum absolute atomic E-state index is 0.206. The van der Waals surface area contributed by atoms with Crippen LogP contribution in [-0.4, -0.2) is 133 Å². The van der Waals surface area contributed by atoms with Gasteiger partial charge in [-0.3, -0.25) is 16.0 Å². The average molecular weight is 1140 g/mol. The molecule has 0 heterocycles. The van der Waals surface area contributed by atoms with Crippen LogP contribution in [0.3, 0.4) is 0 Å². The summed E-state index contributed by atoms with van der Waals surface area (Å²) in [5.41, 5.74) is 3.49. The zero-order valence-corrected chi connectivity index (χ0v) is 49.5. The summed E-state index contributed by atoms with van der Waals surface area (Å²) >= 11 is 0. The van der Waals surface area contributed by atoms with Gasteiger partial charge >= 0.3 is 36.6 Å². The molecule has 6 amide bonds. The Bertz CT molecular complexity index is 2330. The molecule has 3 atom stereocenters. The highest BCUT2D eigenvalue weighted by atomic mass is 16.6. The van der Waals surface area contributed by atoms with Crippen LogP contribution in [-0.2, 0) is 47.7 Å². The molecule has 1 aliphatic rings. The third kappa shape index (κ3) is 24.1. The molecule has 0 aliphatic heterocycles. The van der Waals surface area contributed by atoms with Crippen molar-refractivity contribution < 1.29 is 85.6 Å². The van der Waals surface area contributed by atoms with Crippen LogP contribution in [0, 0.1) is 0 Å². The quantitative estimate of drug-likeness (QED) is 0.0217. The van der Waals surface area contributed by atoms with Gasteiger partial charge in [0.15, 0.2) is 53.2 Å². The van der Waals surface area contributed by atoms with Crippen LogP contribution in [0.25, 0.3) is 0 Å². The van der Waals surface area contributed by atoms with Crippen molar-refractivity contribution >= 4 is 36.6 Å². The third-order valence-electron chi connectivity index (χ3n) is 11.2. The summed E-state index contributed by atoms with van der Waals surface area (Å²) in [7, 11) is 4.68. The molecular weight excluding hydrogens is 1060 g/mol. The van der Waals surface area contributed by atoms with E-state index in [0.29, 0.717) is 73.0 Å². The van der Waals surface area contributed by atoms with Crippen LogP contribution in [0.15, 0.2) is 36.4 Å². The Hall–Kier alpha value is -7.92. The first-order valence-electron chi connectivity index (χ1n) is 26.8. The zero-order valence-electron chi connectivity index (χ0n) is 49.5. The summed E-state index contributed by atoms with van der Waals surface area (Å²) in [6.45, 7) is 21.3. The lowest BCUT2D eigenvalue weighted by Gasteiger charge is -2.22. The molecule has 3 aromatic carbocycles. The third-order valence-corrected chi connectivity index (χ3v) is 11.2. The van der Waals surface area contributed by atoms with Gasteiger partial charge < -0.3 is 72.8 Å². The summed E-state index contributed by atoms with van der Waals surface area (Å²) in [6.07, 6.45) is -4.55. The number of ether oxygens (including phenoxy) is 12. The monoisotopic (exact) mass is 1140 g/mol. The highest BCUT2D eigenvalue weighted by Gasteiger charge is 2.25. The number of alkyl carbamates (subject to hydrolysis) is 6. The average Bonchev–Trinajstić information content (AvgIpc) is 3.62. The Balaban J connectivity index is 1.53. The number of nitrogens with one attached hydrogen (secondary N) is 6. The van der Waals surface area contributed by atoms with Crippen molar-refractivity contribution in [2.75, 3.05) is 60.8 Å². The van der Waals surface area contributed by atoms with E-state index in [2.05, 4.69) is 31.9 Å². The van der Waals surface area contributed by atoms with Gasteiger partial charge in [0.1, 0.15) is 16.8 Å². The van der Waals surface area contributed by atoms with E-state index in [1.54, 1.807) is 83.6 Å². The maximum Gasteiger partial charge on any atom is 0.410 e. The topological polar surface area (TPSA) is 285 Å². The highest BCUT2D eigenvalue weighted by molar-refractivity contribution is 5.72. The van der Waals surface area contributed by atoms with Crippen molar-refractivity contribution in [3.63, 3.8) is 0 Å². The standard InChI is InChI=1S/C57H84N6O18/c1-34(61-52(67)79-55(4,5)6)76-49(64)58-19-16-22-73-46-31-40-25-38-29-44(71-14)48(75-24-18-21-60-51(66)78-36(3)63-54(69)81-57(10,11)12)33-42(38)27-39-30-45(72-15)47(32-41(39)26-37(40)28-43(46)70-13)74-23-17-20-59-50(65)77-35(2)62-53(68)80-56(7,8)9/h28-36H,16-27H2,1-15H3,(H,58,64)(H,59,65)(H,60,66)(H,61,67)(H,62,68)(H,63,69)/t34-,35-,36-/m0/s1. The Kier molecular flexibility index (Phi) is 24.8. The molecule has 0 saturated carbocycles. The molecule has 81 heavy (non-hydrogen) atoms. The molecule has 1 aliphatic carbocycles. The van der Waals surface area contributed by atoms with E-state index >= 15 is 0 Å². The first-order valence-corrected chi connectivity index (χ1v) is 26.8. The van der Waals surface area contributed by atoms with E-state index in [-0.39, 0.29) is 39.5 Å². The summed E-state index contributed by atoms with van der Waals surface area (Å²) in [4.78, 5) is 73.8. The van der Waals surface area contributed by atoms with Gasteiger partial charge in [-0.2, -0.15) is 0 Å². The molecule has 0 saturated heterocycles. The Morgan fingerprint density at radius 2 is 0.605 bits per heavy atom. The summed E-state index contributed by atoms with van der Waals surface area (Å²) in [6, 6.07) is 11.7. The molecule has 0 radical (unpaired) electrons. The molecule has 450 valence electrons. The second-order valence-electron chi connectivity index (χ2n) is 21.8. The molecule has 3 aromatic rings. The molecule has 0 aromatic heterocycles. The van der Waals surface area contributed by atoms with E-state index in [1.165, 1.54) is 20.8 Å². The second kappa shape index (κ2) is 30.6. The van der Waals surface area contributed by atoms with Crippen molar-refractivity contribution in [1.82, 2.24) is 31.9 Å². The predicted octanol–water partition coefficient (Wildman–Crippen LogP) is 8.90. The maximum atomic E-state index is 12.5. The number of methoxy groups -OCH3 is 3. The zero-order chi connectivity index (χ0) is 60.1. The summed E-state index contributed by atoms with van der Waals surface area (Å²) in [5.74, 6) is 2.93. The Morgan fingerprint density at radius 1 is 0.383 bits per heavy atom. The van der Waals surface area contributed by atoms with Gasteiger partial charge in [0.25, 0.3) is 0 Å². The Morgan fingerprint density at radius 3 is 0.815 bits per heavy atom. The SMILES string of the molecule is COc1cc2c(cc1OCCCNC(=O)O[C@@H](C)NC(=O)OC(C)(C)C)Cc1cc(OC)c(OCCCNC(=O)O[C@@H](C)NC(=O)OC(C)(C)C)cc1Cc1cc(OC)c(OCCCNC(=O)O[C@@H](C)NC(=O)OC(C)(C)C)cc1C2. The van der Waals surface area contributed by atoms with Gasteiger partial charge in [-0.15, -0.1) is 0 Å². The highest BCUT2D eigenvalue weighted by Crippen LogP contribution is 2.41. The van der Waals surface area contributed by atoms with Crippen molar-refractivity contribution in [2.24, 2.45) is 0 Å². The van der Waals surface area contributed by atoms with Gasteiger partial charge in [-0.25, -0.2) is 28.8 Å². The van der Waals surface area contributed by atoms with E-state index < -0.39 is 72.0 Å². The van der Waals surface area contributed by atoms with E-state index in [9.17, 15) is 28.8 Å². The molecule has 6 N–H and O–H groups in total. The van der Waals surface area contributed by atoms with Crippen LogP contribution >= 0.6 is 0 Å². The van der Waals surface area contributed by atoms with Gasteiger partial charge in [0.05, 0.1) is 41.2 Å². The van der Waals surface area contributed by atoms with Crippen LogP contribution in [0.5, 0.6) is 34.5 Å². The fourth-order valence-electron chi connectivity index (χ4n) is 7.80. The molecule has 0 bridgehead atoms. The smallest absolute Gasteiger partial charge is 0.410 e. The van der Waals surface area contributed by atoms with Crippen molar-refractivity contribution in [2.45, 2.75) is 157 Å². The van der Waals surface area contributed by atoms with E-state index in [1.807, 2.05) is 36.4 Å². The van der Waals surface area contributed by atoms with Gasteiger partial charge in [-0.05, 0) is 191 Å². The van der Waals surface area contributed by atoms with Crippen molar-refractivity contribution in [3.8, 4) is 34.5 Å². The minimum atomic E-state index is -0.939. The number of fused-ring (bicyclic) bond motifs is 3. The summed E-state index contributed by atoms with van der Waals surface area (Å²) in [5, 5.41) is 15.4. The van der Waals surface area contributed by atoms with E-state index in [0.717, 1.165) is 33.4 Å². The first-order chi connectivity index (χ1) is 38.0. The molecule has 0 unspecified atom stereocenters. The van der Waals surface area contributed by atoms with Gasteiger partial charge in [0.2, 0.25) is 0 Å². The number of hydrogen-bond donors (Lipinski definition) is 6. The molecule has 0 fully saturated rings.